The Kier molecular flexibility index (Phi) is 5.33. The number of fused-ring (bicyclic) bond motifs is 1. The van der Waals surface area contributed by atoms with Gasteiger partial charge in [0.2, 0.25) is 0 Å². The summed E-state index contributed by atoms with van der Waals surface area (Å²) in [5.74, 6) is 1.72. The van der Waals surface area contributed by atoms with Crippen molar-refractivity contribution in [2.24, 2.45) is 0 Å². The van der Waals surface area contributed by atoms with E-state index in [1.165, 1.54) is 11.1 Å². The minimum absolute atomic E-state index is 0.126. The maximum atomic E-state index is 6.18. The second kappa shape index (κ2) is 7.92. The molecule has 0 aliphatic heterocycles. The molecule has 0 aliphatic carbocycles. The normalized spacial score (nSPS) is 11.7. The predicted molar refractivity (Wildman–Crippen MR) is 120 cm³/mol. The van der Waals surface area contributed by atoms with Crippen LogP contribution in [0.4, 0.5) is 0 Å². The van der Waals surface area contributed by atoms with Gasteiger partial charge < -0.3 is 9.30 Å². The number of aromatic nitrogens is 2. The maximum absolute atomic E-state index is 6.18. The zero-order chi connectivity index (χ0) is 20.4. The lowest BCUT2D eigenvalue weighted by atomic mass is 9.87. The fourth-order valence-electron chi connectivity index (χ4n) is 3.40. The van der Waals surface area contributed by atoms with Crippen molar-refractivity contribution in [2.45, 2.75) is 39.3 Å². The van der Waals surface area contributed by atoms with Crippen LogP contribution >= 0.6 is 11.6 Å². The van der Waals surface area contributed by atoms with Crippen molar-refractivity contribution in [1.82, 2.24) is 9.55 Å². The summed E-state index contributed by atoms with van der Waals surface area (Å²) in [7, 11) is 0. The molecule has 0 saturated heterocycles. The van der Waals surface area contributed by atoms with Crippen LogP contribution in [0.25, 0.3) is 11.0 Å². The van der Waals surface area contributed by atoms with E-state index in [1.807, 2.05) is 36.4 Å². The summed E-state index contributed by atoms with van der Waals surface area (Å²) in [5, 5.41) is 0.687. The Balaban J connectivity index is 1.61. The van der Waals surface area contributed by atoms with Gasteiger partial charge in [-0.2, -0.15) is 0 Å². The SMILES string of the molecule is CC(C)(C)c1ccc(OCc2nc3cc(Cl)ccc3n2Cc2ccccc2)cc1. The number of rotatable bonds is 5. The molecule has 0 aliphatic rings. The van der Waals surface area contributed by atoms with E-state index in [9.17, 15) is 0 Å². The van der Waals surface area contributed by atoms with E-state index >= 15 is 0 Å². The second-order valence-electron chi connectivity index (χ2n) is 8.30. The van der Waals surface area contributed by atoms with Gasteiger partial charge in [-0.15, -0.1) is 0 Å². The topological polar surface area (TPSA) is 27.1 Å². The highest BCUT2D eigenvalue weighted by Gasteiger charge is 2.15. The van der Waals surface area contributed by atoms with Gasteiger partial charge in [-0.05, 0) is 46.9 Å². The summed E-state index contributed by atoms with van der Waals surface area (Å²) in [6.07, 6.45) is 0. The van der Waals surface area contributed by atoms with E-state index in [0.29, 0.717) is 11.6 Å². The molecule has 0 spiro atoms. The van der Waals surface area contributed by atoms with Crippen molar-refractivity contribution in [3.05, 3.63) is 94.8 Å². The van der Waals surface area contributed by atoms with E-state index in [0.717, 1.165) is 29.2 Å². The number of ether oxygens (including phenoxy) is 1. The lowest BCUT2D eigenvalue weighted by molar-refractivity contribution is 0.291. The number of hydrogen-bond donors (Lipinski definition) is 0. The molecule has 0 bridgehead atoms. The quantitative estimate of drug-likeness (QED) is 0.374. The van der Waals surface area contributed by atoms with Crippen LogP contribution < -0.4 is 4.74 Å². The summed E-state index contributed by atoms with van der Waals surface area (Å²) < 4.78 is 8.28. The molecular formula is C25H25ClN2O. The standard InChI is InChI=1S/C25H25ClN2O/c1-25(2,3)19-9-12-21(13-10-19)29-17-24-27-22-15-20(26)11-14-23(22)28(24)16-18-7-5-4-6-8-18/h4-15H,16-17H2,1-3H3. The van der Waals surface area contributed by atoms with Gasteiger partial charge >= 0.3 is 0 Å². The van der Waals surface area contributed by atoms with Crippen LogP contribution in [-0.4, -0.2) is 9.55 Å². The van der Waals surface area contributed by atoms with Gasteiger partial charge in [0.25, 0.3) is 0 Å². The van der Waals surface area contributed by atoms with Gasteiger partial charge in [0.1, 0.15) is 18.2 Å². The third kappa shape index (κ3) is 4.46. The Morgan fingerprint density at radius 3 is 2.34 bits per heavy atom. The summed E-state index contributed by atoms with van der Waals surface area (Å²) in [4.78, 5) is 4.80. The van der Waals surface area contributed by atoms with E-state index in [-0.39, 0.29) is 5.41 Å². The Morgan fingerprint density at radius 1 is 0.931 bits per heavy atom. The van der Waals surface area contributed by atoms with Gasteiger partial charge in [0.05, 0.1) is 11.0 Å². The summed E-state index contributed by atoms with van der Waals surface area (Å²) in [5.41, 5.74) is 4.57. The van der Waals surface area contributed by atoms with Crippen molar-refractivity contribution in [2.75, 3.05) is 0 Å². The van der Waals surface area contributed by atoms with Crippen molar-refractivity contribution < 1.29 is 4.74 Å². The highest BCUT2D eigenvalue weighted by Crippen LogP contribution is 2.26. The maximum Gasteiger partial charge on any atom is 0.148 e. The van der Waals surface area contributed by atoms with Gasteiger partial charge in [0.15, 0.2) is 0 Å². The largest absolute Gasteiger partial charge is 0.486 e. The van der Waals surface area contributed by atoms with Crippen LogP contribution in [0.15, 0.2) is 72.8 Å². The lowest BCUT2D eigenvalue weighted by Crippen LogP contribution is -2.11. The lowest BCUT2D eigenvalue weighted by Gasteiger charge is -2.19. The van der Waals surface area contributed by atoms with Crippen molar-refractivity contribution >= 4 is 22.6 Å². The average molecular weight is 405 g/mol. The molecule has 0 saturated carbocycles. The Hall–Kier alpha value is -2.78. The molecule has 0 fully saturated rings. The monoisotopic (exact) mass is 404 g/mol. The van der Waals surface area contributed by atoms with Crippen LogP contribution in [-0.2, 0) is 18.6 Å². The predicted octanol–water partition coefficient (Wildman–Crippen LogP) is 6.61. The van der Waals surface area contributed by atoms with Crippen molar-refractivity contribution in [1.29, 1.82) is 0 Å². The van der Waals surface area contributed by atoms with Crippen LogP contribution in [0.5, 0.6) is 5.75 Å². The van der Waals surface area contributed by atoms with E-state index in [2.05, 4.69) is 61.7 Å². The Bertz CT molecular complexity index is 1110. The number of halogens is 1. The fraction of sp³-hybridized carbons (Fsp3) is 0.240. The molecule has 4 heteroatoms. The average Bonchev–Trinajstić information content (AvgIpc) is 3.03. The van der Waals surface area contributed by atoms with E-state index in [4.69, 9.17) is 21.3 Å². The van der Waals surface area contributed by atoms with Gasteiger partial charge in [-0.1, -0.05) is 74.8 Å². The minimum atomic E-state index is 0.126. The molecule has 0 unspecified atom stereocenters. The van der Waals surface area contributed by atoms with Crippen molar-refractivity contribution in [3.63, 3.8) is 0 Å². The van der Waals surface area contributed by atoms with Crippen molar-refractivity contribution in [3.8, 4) is 5.75 Å². The molecule has 148 valence electrons. The molecule has 1 heterocycles. The Labute approximate surface area is 176 Å². The molecule has 3 aromatic carbocycles. The van der Waals surface area contributed by atoms with Gasteiger partial charge in [-0.25, -0.2) is 4.98 Å². The first-order valence-electron chi connectivity index (χ1n) is 9.82. The van der Waals surface area contributed by atoms with E-state index in [1.54, 1.807) is 0 Å². The van der Waals surface area contributed by atoms with Crippen LogP contribution in [0.3, 0.4) is 0 Å². The fourth-order valence-corrected chi connectivity index (χ4v) is 3.57. The molecule has 4 rings (SSSR count). The summed E-state index contributed by atoms with van der Waals surface area (Å²) >= 11 is 6.18. The van der Waals surface area contributed by atoms with Gasteiger partial charge in [-0.3, -0.25) is 0 Å². The Morgan fingerprint density at radius 2 is 1.66 bits per heavy atom. The van der Waals surface area contributed by atoms with E-state index < -0.39 is 0 Å². The molecule has 4 aromatic rings. The minimum Gasteiger partial charge on any atom is -0.486 e. The molecule has 0 atom stereocenters. The highest BCUT2D eigenvalue weighted by molar-refractivity contribution is 6.31. The van der Waals surface area contributed by atoms with Crippen LogP contribution in [0, 0.1) is 0 Å². The first kappa shape index (κ1) is 19.5. The molecule has 3 nitrogen and oxygen atoms in total. The summed E-state index contributed by atoms with van der Waals surface area (Å²) in [6.45, 7) is 7.76. The molecule has 0 radical (unpaired) electrons. The smallest absolute Gasteiger partial charge is 0.148 e. The summed E-state index contributed by atoms with van der Waals surface area (Å²) in [6, 6.07) is 24.5. The van der Waals surface area contributed by atoms with Crippen LogP contribution in [0.2, 0.25) is 5.02 Å². The first-order chi connectivity index (χ1) is 13.9. The highest BCUT2D eigenvalue weighted by atomic mass is 35.5. The second-order valence-corrected chi connectivity index (χ2v) is 8.73. The number of hydrogen-bond acceptors (Lipinski definition) is 2. The molecule has 1 aromatic heterocycles. The number of imidazole rings is 1. The molecule has 0 N–H and O–H groups in total. The zero-order valence-electron chi connectivity index (χ0n) is 17.0. The van der Waals surface area contributed by atoms with Gasteiger partial charge in [0, 0.05) is 11.6 Å². The number of nitrogens with zero attached hydrogens (tertiary/aromatic N) is 2. The molecular weight excluding hydrogens is 380 g/mol. The third-order valence-corrected chi connectivity index (χ3v) is 5.30. The molecule has 0 amide bonds. The first-order valence-corrected chi connectivity index (χ1v) is 10.2. The zero-order valence-corrected chi connectivity index (χ0v) is 17.8. The third-order valence-electron chi connectivity index (χ3n) is 5.06. The van der Waals surface area contributed by atoms with Crippen LogP contribution in [0.1, 0.15) is 37.7 Å². The molecule has 29 heavy (non-hydrogen) atoms. The number of benzene rings is 3.